The Labute approximate surface area is 118 Å². The summed E-state index contributed by atoms with van der Waals surface area (Å²) >= 11 is 0. The maximum Gasteiger partial charge on any atom is 0.170 e. The van der Waals surface area contributed by atoms with E-state index in [1.54, 1.807) is 6.07 Å². The first kappa shape index (κ1) is 13.9. The van der Waals surface area contributed by atoms with Gasteiger partial charge in [-0.15, -0.1) is 0 Å². The molecule has 0 atom stereocenters. The summed E-state index contributed by atoms with van der Waals surface area (Å²) in [7, 11) is 0. The molecule has 0 saturated heterocycles. The number of nitrogens with zero attached hydrogens (tertiary/aromatic N) is 1. The van der Waals surface area contributed by atoms with Crippen molar-refractivity contribution in [2.75, 3.05) is 0 Å². The molecule has 4 heteroatoms. The Morgan fingerprint density at radius 1 is 1.15 bits per heavy atom. The van der Waals surface area contributed by atoms with Gasteiger partial charge in [-0.1, -0.05) is 35.5 Å². The predicted molar refractivity (Wildman–Crippen MR) is 79.2 cm³/mol. The van der Waals surface area contributed by atoms with Crippen LogP contribution >= 0.6 is 0 Å². The third kappa shape index (κ3) is 3.29. The predicted octanol–water partition coefficient (Wildman–Crippen LogP) is 2.98. The minimum Gasteiger partial charge on any atom is -0.489 e. The standard InChI is InChI=1S/C16H18N2O2/c1-11-7-12(2)9-14(8-11)20-10-13-5-3-4-6-15(13)16(17)18-19/h3-9,19H,10H2,1-2H3,(H2,17,18). The zero-order chi connectivity index (χ0) is 14.5. The molecule has 20 heavy (non-hydrogen) atoms. The van der Waals surface area contributed by atoms with Crippen LogP contribution in [0.2, 0.25) is 0 Å². The molecule has 3 N–H and O–H groups in total. The van der Waals surface area contributed by atoms with Gasteiger partial charge < -0.3 is 15.7 Å². The molecule has 0 spiro atoms. The number of ether oxygens (including phenoxy) is 1. The van der Waals surface area contributed by atoms with Gasteiger partial charge in [0, 0.05) is 11.1 Å². The summed E-state index contributed by atoms with van der Waals surface area (Å²) in [6.45, 7) is 4.43. The zero-order valence-corrected chi connectivity index (χ0v) is 11.6. The lowest BCUT2D eigenvalue weighted by molar-refractivity contribution is 0.304. The van der Waals surface area contributed by atoms with E-state index in [0.717, 1.165) is 22.4 Å². The molecular formula is C16H18N2O2. The van der Waals surface area contributed by atoms with E-state index in [1.165, 1.54) is 0 Å². The Bertz CT molecular complexity index is 616. The van der Waals surface area contributed by atoms with Crippen molar-refractivity contribution in [2.24, 2.45) is 10.9 Å². The van der Waals surface area contributed by atoms with Crippen molar-refractivity contribution in [3.63, 3.8) is 0 Å². The largest absolute Gasteiger partial charge is 0.489 e. The highest BCUT2D eigenvalue weighted by Gasteiger charge is 2.07. The van der Waals surface area contributed by atoms with Crippen molar-refractivity contribution in [1.82, 2.24) is 0 Å². The SMILES string of the molecule is Cc1cc(C)cc(OCc2ccccc2/C(N)=N/O)c1. The molecule has 0 aliphatic carbocycles. The van der Waals surface area contributed by atoms with Gasteiger partial charge in [0.1, 0.15) is 12.4 Å². The van der Waals surface area contributed by atoms with Gasteiger partial charge in [-0.2, -0.15) is 0 Å². The average Bonchev–Trinajstić information content (AvgIpc) is 2.43. The Balaban J connectivity index is 2.19. The van der Waals surface area contributed by atoms with Gasteiger partial charge in [0.05, 0.1) is 0 Å². The minimum atomic E-state index is 0.0876. The van der Waals surface area contributed by atoms with E-state index in [9.17, 15) is 0 Å². The fourth-order valence-electron chi connectivity index (χ4n) is 2.13. The Morgan fingerprint density at radius 2 is 1.80 bits per heavy atom. The third-order valence-electron chi connectivity index (χ3n) is 2.99. The van der Waals surface area contributed by atoms with Crippen LogP contribution in [0.5, 0.6) is 5.75 Å². The van der Waals surface area contributed by atoms with Crippen LogP contribution in [0.15, 0.2) is 47.6 Å². The molecule has 2 aromatic rings. The van der Waals surface area contributed by atoms with Gasteiger partial charge in [-0.3, -0.25) is 0 Å². The van der Waals surface area contributed by atoms with Gasteiger partial charge in [0.2, 0.25) is 0 Å². The maximum atomic E-state index is 8.79. The molecule has 0 aliphatic rings. The number of aryl methyl sites for hydroxylation is 2. The molecule has 0 radical (unpaired) electrons. The van der Waals surface area contributed by atoms with Crippen LogP contribution in [0.1, 0.15) is 22.3 Å². The monoisotopic (exact) mass is 270 g/mol. The Morgan fingerprint density at radius 3 is 2.45 bits per heavy atom. The van der Waals surface area contributed by atoms with Crippen molar-refractivity contribution in [3.8, 4) is 5.75 Å². The van der Waals surface area contributed by atoms with Gasteiger partial charge in [0.15, 0.2) is 5.84 Å². The second-order valence-electron chi connectivity index (χ2n) is 4.75. The summed E-state index contributed by atoms with van der Waals surface area (Å²) in [4.78, 5) is 0. The van der Waals surface area contributed by atoms with E-state index in [2.05, 4.69) is 11.2 Å². The second kappa shape index (κ2) is 6.10. The third-order valence-corrected chi connectivity index (χ3v) is 2.99. The molecule has 0 heterocycles. The molecule has 4 nitrogen and oxygen atoms in total. The van der Waals surface area contributed by atoms with Crippen LogP contribution in [0.4, 0.5) is 0 Å². The summed E-state index contributed by atoms with van der Waals surface area (Å²) < 4.78 is 5.80. The van der Waals surface area contributed by atoms with E-state index >= 15 is 0 Å². The van der Waals surface area contributed by atoms with E-state index in [1.807, 2.05) is 44.2 Å². The molecule has 104 valence electrons. The van der Waals surface area contributed by atoms with Crippen molar-refractivity contribution in [3.05, 3.63) is 64.7 Å². The van der Waals surface area contributed by atoms with Crippen LogP contribution in [0.25, 0.3) is 0 Å². The maximum absolute atomic E-state index is 8.79. The second-order valence-corrected chi connectivity index (χ2v) is 4.75. The first-order valence-electron chi connectivity index (χ1n) is 6.37. The molecule has 0 aromatic heterocycles. The number of hydrogen-bond donors (Lipinski definition) is 2. The lowest BCUT2D eigenvalue weighted by Gasteiger charge is -2.11. The highest BCUT2D eigenvalue weighted by Crippen LogP contribution is 2.18. The number of benzene rings is 2. The molecule has 0 aliphatic heterocycles. The quantitative estimate of drug-likeness (QED) is 0.388. The summed E-state index contributed by atoms with van der Waals surface area (Å²) in [5, 5.41) is 11.8. The summed E-state index contributed by atoms with van der Waals surface area (Å²) in [5.41, 5.74) is 9.53. The van der Waals surface area contributed by atoms with Crippen molar-refractivity contribution in [2.45, 2.75) is 20.5 Å². The highest BCUT2D eigenvalue weighted by atomic mass is 16.5. The first-order valence-corrected chi connectivity index (χ1v) is 6.37. The van der Waals surface area contributed by atoms with E-state index in [0.29, 0.717) is 12.2 Å². The number of nitrogens with two attached hydrogens (primary N) is 1. The molecule has 2 aromatic carbocycles. The Kier molecular flexibility index (Phi) is 4.25. The van der Waals surface area contributed by atoms with Crippen molar-refractivity contribution < 1.29 is 9.94 Å². The van der Waals surface area contributed by atoms with Crippen LogP contribution in [-0.4, -0.2) is 11.0 Å². The minimum absolute atomic E-state index is 0.0876. The van der Waals surface area contributed by atoms with E-state index in [-0.39, 0.29) is 5.84 Å². The van der Waals surface area contributed by atoms with Gasteiger partial charge in [-0.25, -0.2) is 0 Å². The Hall–Kier alpha value is -2.49. The summed E-state index contributed by atoms with van der Waals surface area (Å²) in [5.74, 6) is 0.904. The van der Waals surface area contributed by atoms with E-state index < -0.39 is 0 Å². The highest BCUT2D eigenvalue weighted by molar-refractivity contribution is 5.98. The lowest BCUT2D eigenvalue weighted by Crippen LogP contribution is -2.16. The zero-order valence-electron chi connectivity index (χ0n) is 11.6. The lowest BCUT2D eigenvalue weighted by atomic mass is 10.1. The normalized spacial score (nSPS) is 11.4. The first-order chi connectivity index (χ1) is 9.60. The van der Waals surface area contributed by atoms with Crippen molar-refractivity contribution in [1.29, 1.82) is 0 Å². The summed E-state index contributed by atoms with van der Waals surface area (Å²) in [6.07, 6.45) is 0. The van der Waals surface area contributed by atoms with Crippen LogP contribution < -0.4 is 10.5 Å². The molecule has 2 rings (SSSR count). The smallest absolute Gasteiger partial charge is 0.170 e. The van der Waals surface area contributed by atoms with Gasteiger partial charge >= 0.3 is 0 Å². The molecular weight excluding hydrogens is 252 g/mol. The van der Waals surface area contributed by atoms with E-state index in [4.69, 9.17) is 15.7 Å². The van der Waals surface area contributed by atoms with Crippen molar-refractivity contribution >= 4 is 5.84 Å². The molecule has 0 fully saturated rings. The molecule has 0 amide bonds. The fraction of sp³-hybridized carbons (Fsp3) is 0.188. The van der Waals surface area contributed by atoms with Crippen LogP contribution in [0.3, 0.4) is 0 Å². The van der Waals surface area contributed by atoms with Gasteiger partial charge in [0.25, 0.3) is 0 Å². The molecule has 0 bridgehead atoms. The topological polar surface area (TPSA) is 67.8 Å². The average molecular weight is 270 g/mol. The van der Waals surface area contributed by atoms with Gasteiger partial charge in [-0.05, 0) is 37.1 Å². The number of amidine groups is 1. The number of rotatable bonds is 4. The molecule has 0 saturated carbocycles. The number of oxime groups is 1. The van der Waals surface area contributed by atoms with Crippen LogP contribution in [0, 0.1) is 13.8 Å². The summed E-state index contributed by atoms with van der Waals surface area (Å²) in [6, 6.07) is 13.5. The van der Waals surface area contributed by atoms with Crippen LogP contribution in [-0.2, 0) is 6.61 Å². The fourth-order valence-corrected chi connectivity index (χ4v) is 2.13. The number of hydrogen-bond acceptors (Lipinski definition) is 3. The molecule has 0 unspecified atom stereocenters.